The lowest BCUT2D eigenvalue weighted by atomic mass is 10.0. The maximum Gasteiger partial charge on any atom is 0.317 e. The number of halogens is 1. The Bertz CT molecular complexity index is 546. The third kappa shape index (κ3) is 4.38. The molecule has 0 radical (unpaired) electrons. The van der Waals surface area contributed by atoms with Crippen LogP contribution in [0.15, 0.2) is 24.3 Å². The maximum absolute atomic E-state index is 12.8. The molecule has 0 aromatic heterocycles. The van der Waals surface area contributed by atoms with Crippen LogP contribution in [0.1, 0.15) is 26.2 Å². The van der Waals surface area contributed by atoms with E-state index in [1.54, 1.807) is 17.0 Å². The van der Waals surface area contributed by atoms with Gasteiger partial charge in [-0.25, -0.2) is 9.18 Å². The largest absolute Gasteiger partial charge is 0.487 e. The number of nitrogens with one attached hydrogen (secondary N) is 1. The van der Waals surface area contributed by atoms with Gasteiger partial charge in [-0.2, -0.15) is 0 Å². The van der Waals surface area contributed by atoms with Gasteiger partial charge in [0.25, 0.3) is 0 Å². The van der Waals surface area contributed by atoms with Gasteiger partial charge >= 0.3 is 6.03 Å². The summed E-state index contributed by atoms with van der Waals surface area (Å²) < 4.78 is 18.5. The summed E-state index contributed by atoms with van der Waals surface area (Å²) in [5.41, 5.74) is 0. The second-order valence-electron chi connectivity index (χ2n) is 6.71. The molecule has 0 spiro atoms. The summed E-state index contributed by atoms with van der Waals surface area (Å²) in [6.07, 6.45) is 3.81. The van der Waals surface area contributed by atoms with Crippen LogP contribution in [0.2, 0.25) is 0 Å². The van der Waals surface area contributed by atoms with Crippen LogP contribution in [0.3, 0.4) is 0 Å². The van der Waals surface area contributed by atoms with E-state index < -0.39 is 0 Å². The van der Waals surface area contributed by atoms with Crippen molar-refractivity contribution in [1.29, 1.82) is 0 Å². The Morgan fingerprint density at radius 2 is 2.04 bits per heavy atom. The number of ether oxygens (including phenoxy) is 1. The van der Waals surface area contributed by atoms with Crippen LogP contribution >= 0.6 is 0 Å². The molecule has 0 bridgehead atoms. The number of piperidine rings is 1. The number of benzene rings is 1. The maximum atomic E-state index is 12.8. The molecular formula is C18H26FN3O2. The van der Waals surface area contributed by atoms with E-state index in [-0.39, 0.29) is 18.0 Å². The van der Waals surface area contributed by atoms with Crippen molar-refractivity contribution in [2.75, 3.05) is 32.7 Å². The molecule has 2 heterocycles. The molecule has 0 aliphatic carbocycles. The third-order valence-electron chi connectivity index (χ3n) is 4.87. The van der Waals surface area contributed by atoms with Crippen LogP contribution in [-0.4, -0.2) is 60.7 Å². The minimum absolute atomic E-state index is 0.0108. The topological polar surface area (TPSA) is 44.8 Å². The first-order valence-corrected chi connectivity index (χ1v) is 8.81. The Labute approximate surface area is 142 Å². The van der Waals surface area contributed by atoms with Gasteiger partial charge in [-0.1, -0.05) is 6.42 Å². The monoisotopic (exact) mass is 335 g/mol. The molecule has 2 aliphatic heterocycles. The molecular weight excluding hydrogens is 309 g/mol. The molecule has 1 aromatic rings. The molecule has 1 unspecified atom stereocenters. The fourth-order valence-corrected chi connectivity index (χ4v) is 3.29. The van der Waals surface area contributed by atoms with Crippen molar-refractivity contribution in [2.24, 2.45) is 0 Å². The Morgan fingerprint density at radius 1 is 1.29 bits per heavy atom. The molecule has 3 rings (SSSR count). The van der Waals surface area contributed by atoms with Crippen LogP contribution in [0.25, 0.3) is 0 Å². The molecule has 0 saturated carbocycles. The molecule has 2 amide bonds. The summed E-state index contributed by atoms with van der Waals surface area (Å²) in [7, 11) is 0. The molecule has 2 saturated heterocycles. The minimum atomic E-state index is -0.278. The van der Waals surface area contributed by atoms with E-state index in [1.165, 1.54) is 31.4 Å². The van der Waals surface area contributed by atoms with E-state index in [0.29, 0.717) is 31.4 Å². The van der Waals surface area contributed by atoms with E-state index in [1.807, 2.05) is 0 Å². The van der Waals surface area contributed by atoms with Crippen LogP contribution in [0, 0.1) is 5.82 Å². The molecule has 5 nitrogen and oxygen atoms in total. The smallest absolute Gasteiger partial charge is 0.317 e. The standard InChI is InChI=1S/C18H26FN3O2/c1-14-4-2-3-10-21(14)11-9-20-18(23)22-12-17(13-22)24-16-7-5-15(19)6-8-16/h5-8,14,17H,2-4,9-13H2,1H3,(H,20,23). The van der Waals surface area contributed by atoms with Crippen molar-refractivity contribution < 1.29 is 13.9 Å². The molecule has 1 aromatic carbocycles. The fraction of sp³-hybridized carbons (Fsp3) is 0.611. The number of nitrogens with zero attached hydrogens (tertiary/aromatic N) is 2. The summed E-state index contributed by atoms with van der Waals surface area (Å²) in [6, 6.07) is 6.56. The molecule has 132 valence electrons. The third-order valence-corrected chi connectivity index (χ3v) is 4.87. The molecule has 6 heteroatoms. The van der Waals surface area contributed by atoms with Crippen molar-refractivity contribution in [3.05, 3.63) is 30.1 Å². The summed E-state index contributed by atoms with van der Waals surface area (Å²) in [5.74, 6) is 0.362. The highest BCUT2D eigenvalue weighted by molar-refractivity contribution is 5.75. The summed E-state index contributed by atoms with van der Waals surface area (Å²) in [5, 5.41) is 2.98. The number of rotatable bonds is 5. The van der Waals surface area contributed by atoms with E-state index in [9.17, 15) is 9.18 Å². The fourth-order valence-electron chi connectivity index (χ4n) is 3.29. The number of urea groups is 1. The summed E-state index contributed by atoms with van der Waals surface area (Å²) in [6.45, 7) is 6.13. The predicted octanol–water partition coefficient (Wildman–Crippen LogP) is 2.47. The number of amides is 2. The Balaban J connectivity index is 1.32. The zero-order valence-electron chi connectivity index (χ0n) is 14.2. The second-order valence-corrected chi connectivity index (χ2v) is 6.71. The molecule has 1 N–H and O–H groups in total. The van der Waals surface area contributed by atoms with Crippen molar-refractivity contribution in [3.8, 4) is 5.75 Å². The van der Waals surface area contributed by atoms with Crippen molar-refractivity contribution in [1.82, 2.24) is 15.1 Å². The second kappa shape index (κ2) is 7.83. The van der Waals surface area contributed by atoms with E-state index >= 15 is 0 Å². The summed E-state index contributed by atoms with van der Waals surface area (Å²) in [4.78, 5) is 16.3. The zero-order valence-corrected chi connectivity index (χ0v) is 14.2. The highest BCUT2D eigenvalue weighted by Crippen LogP contribution is 2.18. The molecule has 2 aliphatic rings. The van der Waals surface area contributed by atoms with Gasteiger partial charge in [-0.3, -0.25) is 4.90 Å². The summed E-state index contributed by atoms with van der Waals surface area (Å²) >= 11 is 0. The number of carbonyl (C=O) groups excluding carboxylic acids is 1. The predicted molar refractivity (Wildman–Crippen MR) is 90.7 cm³/mol. The number of hydrogen-bond donors (Lipinski definition) is 1. The zero-order chi connectivity index (χ0) is 16.9. The van der Waals surface area contributed by atoms with Gasteiger partial charge in [0.1, 0.15) is 17.7 Å². The lowest BCUT2D eigenvalue weighted by molar-refractivity contribution is 0.0440. The quantitative estimate of drug-likeness (QED) is 0.899. The van der Waals surface area contributed by atoms with Crippen LogP contribution in [0.4, 0.5) is 9.18 Å². The number of carbonyl (C=O) groups is 1. The van der Waals surface area contributed by atoms with Gasteiger partial charge in [0, 0.05) is 19.1 Å². The van der Waals surface area contributed by atoms with Crippen molar-refractivity contribution in [3.63, 3.8) is 0 Å². The van der Waals surface area contributed by atoms with Crippen LogP contribution in [0.5, 0.6) is 5.75 Å². The van der Waals surface area contributed by atoms with Gasteiger partial charge < -0.3 is 15.0 Å². The van der Waals surface area contributed by atoms with E-state index in [0.717, 1.165) is 13.1 Å². The first kappa shape index (κ1) is 17.0. The van der Waals surface area contributed by atoms with Gasteiger partial charge in [-0.15, -0.1) is 0 Å². The van der Waals surface area contributed by atoms with Gasteiger partial charge in [0.15, 0.2) is 0 Å². The van der Waals surface area contributed by atoms with Crippen molar-refractivity contribution >= 4 is 6.03 Å². The average Bonchev–Trinajstić information content (AvgIpc) is 2.54. The lowest BCUT2D eigenvalue weighted by Gasteiger charge is -2.39. The highest BCUT2D eigenvalue weighted by atomic mass is 19.1. The van der Waals surface area contributed by atoms with Crippen LogP contribution < -0.4 is 10.1 Å². The van der Waals surface area contributed by atoms with Gasteiger partial charge in [-0.05, 0) is 50.6 Å². The van der Waals surface area contributed by atoms with E-state index in [2.05, 4.69) is 17.1 Å². The Kier molecular flexibility index (Phi) is 5.56. The SMILES string of the molecule is CC1CCCCN1CCNC(=O)N1CC(Oc2ccc(F)cc2)C1. The average molecular weight is 335 g/mol. The van der Waals surface area contributed by atoms with Crippen LogP contribution in [-0.2, 0) is 0 Å². The Morgan fingerprint density at radius 3 is 2.75 bits per heavy atom. The molecule has 24 heavy (non-hydrogen) atoms. The minimum Gasteiger partial charge on any atom is -0.487 e. The molecule has 2 fully saturated rings. The van der Waals surface area contributed by atoms with Crippen molar-refractivity contribution in [2.45, 2.75) is 38.3 Å². The van der Waals surface area contributed by atoms with E-state index in [4.69, 9.17) is 4.74 Å². The first-order chi connectivity index (χ1) is 11.6. The number of hydrogen-bond acceptors (Lipinski definition) is 3. The first-order valence-electron chi connectivity index (χ1n) is 8.81. The van der Waals surface area contributed by atoms with Gasteiger partial charge in [0.2, 0.25) is 0 Å². The number of likely N-dealkylation sites (tertiary alicyclic amines) is 2. The van der Waals surface area contributed by atoms with Gasteiger partial charge in [0.05, 0.1) is 13.1 Å². The Hall–Kier alpha value is -1.82. The highest BCUT2D eigenvalue weighted by Gasteiger charge is 2.32. The molecule has 1 atom stereocenters. The lowest BCUT2D eigenvalue weighted by Crippen LogP contribution is -2.59. The normalized spacial score (nSPS) is 22.1.